The van der Waals surface area contributed by atoms with Gasteiger partial charge in [-0.2, -0.15) is 13.2 Å². The van der Waals surface area contributed by atoms with Crippen molar-refractivity contribution >= 4 is 17.4 Å². The number of nitrogens with one attached hydrogen (secondary N) is 1. The van der Waals surface area contributed by atoms with Gasteiger partial charge in [0, 0.05) is 19.3 Å². The van der Waals surface area contributed by atoms with E-state index in [9.17, 15) is 13.2 Å². The number of rotatable bonds is 6. The highest BCUT2D eigenvalue weighted by Gasteiger charge is 2.31. The molecule has 0 radical (unpaired) electrons. The van der Waals surface area contributed by atoms with Gasteiger partial charge >= 0.3 is 6.18 Å². The first-order valence-electron chi connectivity index (χ1n) is 5.92. The molecule has 2 N–H and O–H groups in total. The zero-order valence-electron chi connectivity index (χ0n) is 10.5. The van der Waals surface area contributed by atoms with E-state index in [4.69, 9.17) is 16.7 Å². The Morgan fingerprint density at radius 2 is 2.16 bits per heavy atom. The minimum atomic E-state index is -4.44. The number of hydrogen-bond donors (Lipinski definition) is 2. The Morgan fingerprint density at radius 3 is 2.68 bits per heavy atom. The number of alkyl halides is 3. The first-order valence-corrected chi connectivity index (χ1v) is 6.30. The third kappa shape index (κ3) is 5.24. The Kier molecular flexibility index (Phi) is 5.87. The molecule has 108 valence electrons. The van der Waals surface area contributed by atoms with Crippen molar-refractivity contribution in [2.45, 2.75) is 25.9 Å². The van der Waals surface area contributed by atoms with Crippen molar-refractivity contribution in [3.8, 4) is 0 Å². The van der Waals surface area contributed by atoms with Gasteiger partial charge < -0.3 is 10.4 Å². The third-order valence-corrected chi connectivity index (χ3v) is 2.93. The minimum absolute atomic E-state index is 0.0509. The molecule has 1 aromatic rings. The van der Waals surface area contributed by atoms with Crippen molar-refractivity contribution < 1.29 is 18.3 Å². The fraction of sp³-hybridized carbons (Fsp3) is 0.583. The van der Waals surface area contributed by atoms with Crippen molar-refractivity contribution in [2.24, 2.45) is 5.92 Å². The Balaban J connectivity index is 2.52. The van der Waals surface area contributed by atoms with E-state index in [2.05, 4.69) is 10.3 Å². The lowest BCUT2D eigenvalue weighted by Crippen LogP contribution is -2.10. The highest BCUT2D eigenvalue weighted by atomic mass is 35.5. The molecule has 1 unspecified atom stereocenters. The summed E-state index contributed by atoms with van der Waals surface area (Å²) < 4.78 is 37.2. The largest absolute Gasteiger partial charge is 0.417 e. The number of nitrogens with zero attached hydrogens (tertiary/aromatic N) is 1. The van der Waals surface area contributed by atoms with Gasteiger partial charge in [0.1, 0.15) is 5.82 Å². The number of aliphatic hydroxyl groups is 1. The number of anilines is 1. The number of aromatic nitrogens is 1. The molecule has 1 atom stereocenters. The minimum Gasteiger partial charge on any atom is -0.396 e. The van der Waals surface area contributed by atoms with Crippen molar-refractivity contribution in [3.63, 3.8) is 0 Å². The average molecular weight is 297 g/mol. The molecule has 0 saturated carbocycles. The van der Waals surface area contributed by atoms with Crippen molar-refractivity contribution in [1.29, 1.82) is 0 Å². The van der Waals surface area contributed by atoms with E-state index in [1.165, 1.54) is 0 Å². The van der Waals surface area contributed by atoms with Gasteiger partial charge in [0.25, 0.3) is 0 Å². The van der Waals surface area contributed by atoms with E-state index in [-0.39, 0.29) is 23.4 Å². The first kappa shape index (κ1) is 16.0. The monoisotopic (exact) mass is 296 g/mol. The summed E-state index contributed by atoms with van der Waals surface area (Å²) in [7, 11) is 0. The van der Waals surface area contributed by atoms with Crippen molar-refractivity contribution in [3.05, 3.63) is 22.8 Å². The zero-order chi connectivity index (χ0) is 14.5. The van der Waals surface area contributed by atoms with Crippen LogP contribution in [0.1, 0.15) is 25.3 Å². The first-order chi connectivity index (χ1) is 8.84. The summed E-state index contributed by atoms with van der Waals surface area (Å²) in [6, 6.07) is 0.854. The number of aliphatic hydroxyl groups excluding tert-OH is 1. The van der Waals surface area contributed by atoms with Crippen LogP contribution in [0.5, 0.6) is 0 Å². The molecular weight excluding hydrogens is 281 g/mol. The highest BCUT2D eigenvalue weighted by Crippen LogP contribution is 2.32. The molecule has 1 heterocycles. The van der Waals surface area contributed by atoms with Crippen LogP contribution < -0.4 is 5.32 Å². The molecule has 3 nitrogen and oxygen atoms in total. The molecule has 0 aliphatic rings. The quantitative estimate of drug-likeness (QED) is 0.789. The van der Waals surface area contributed by atoms with Crippen LogP contribution in [-0.4, -0.2) is 23.2 Å². The van der Waals surface area contributed by atoms with Gasteiger partial charge in [0.15, 0.2) is 0 Å². The smallest absolute Gasteiger partial charge is 0.396 e. The van der Waals surface area contributed by atoms with Gasteiger partial charge in [-0.05, 0) is 24.8 Å². The van der Waals surface area contributed by atoms with Crippen LogP contribution in [0.3, 0.4) is 0 Å². The van der Waals surface area contributed by atoms with Crippen LogP contribution in [0.2, 0.25) is 5.02 Å². The standard InChI is InChI=1S/C12H16ClF3N2O/c1-8(7-19)3-2-4-17-11-10(13)5-9(6-18-11)12(14,15)16/h5-6,8,19H,2-4,7H2,1H3,(H,17,18). The summed E-state index contributed by atoms with van der Waals surface area (Å²) in [4.78, 5) is 3.67. The summed E-state index contributed by atoms with van der Waals surface area (Å²) in [6.45, 7) is 2.59. The molecule has 7 heteroatoms. The third-order valence-electron chi connectivity index (χ3n) is 2.65. The summed E-state index contributed by atoms with van der Waals surface area (Å²) in [5, 5.41) is 11.7. The molecule has 0 bridgehead atoms. The second kappa shape index (κ2) is 6.96. The molecule has 19 heavy (non-hydrogen) atoms. The predicted octanol–water partition coefficient (Wildman–Crippen LogP) is 3.57. The molecule has 1 aromatic heterocycles. The molecule has 0 aliphatic carbocycles. The van der Waals surface area contributed by atoms with Crippen LogP contribution in [0, 0.1) is 5.92 Å². The molecule has 0 aromatic carbocycles. The van der Waals surface area contributed by atoms with E-state index in [0.717, 1.165) is 25.1 Å². The number of hydrogen-bond acceptors (Lipinski definition) is 3. The number of halogens is 4. The van der Waals surface area contributed by atoms with E-state index in [1.54, 1.807) is 0 Å². The molecule has 0 amide bonds. The molecule has 0 saturated heterocycles. The second-order valence-corrected chi connectivity index (χ2v) is 4.82. The van der Waals surface area contributed by atoms with Gasteiger partial charge in [-0.15, -0.1) is 0 Å². The van der Waals surface area contributed by atoms with E-state index < -0.39 is 11.7 Å². The molecule has 0 fully saturated rings. The Labute approximate surface area is 114 Å². The lowest BCUT2D eigenvalue weighted by molar-refractivity contribution is -0.137. The van der Waals surface area contributed by atoms with Gasteiger partial charge in [-0.1, -0.05) is 18.5 Å². The summed E-state index contributed by atoms with van der Waals surface area (Å²) in [5.74, 6) is 0.448. The normalized spacial score (nSPS) is 13.4. The van der Waals surface area contributed by atoms with Crippen LogP contribution in [0.25, 0.3) is 0 Å². The Morgan fingerprint density at radius 1 is 1.47 bits per heavy atom. The topological polar surface area (TPSA) is 45.1 Å². The maximum atomic E-state index is 12.4. The van der Waals surface area contributed by atoms with Crippen LogP contribution in [0.15, 0.2) is 12.3 Å². The van der Waals surface area contributed by atoms with Crippen molar-refractivity contribution in [2.75, 3.05) is 18.5 Å². The van der Waals surface area contributed by atoms with Gasteiger partial charge in [0.05, 0.1) is 10.6 Å². The van der Waals surface area contributed by atoms with Crippen LogP contribution >= 0.6 is 11.6 Å². The number of pyridine rings is 1. The summed E-state index contributed by atoms with van der Waals surface area (Å²) in [6.07, 6.45) is -2.08. The molecule has 0 aliphatic heterocycles. The van der Waals surface area contributed by atoms with Crippen LogP contribution in [0.4, 0.5) is 19.0 Å². The maximum absolute atomic E-state index is 12.4. The molecule has 0 spiro atoms. The zero-order valence-corrected chi connectivity index (χ0v) is 11.2. The summed E-state index contributed by atoms with van der Waals surface area (Å²) >= 11 is 5.74. The highest BCUT2D eigenvalue weighted by molar-refractivity contribution is 6.32. The van der Waals surface area contributed by atoms with E-state index in [0.29, 0.717) is 6.54 Å². The van der Waals surface area contributed by atoms with Gasteiger partial charge in [0.2, 0.25) is 0 Å². The average Bonchev–Trinajstić information content (AvgIpc) is 2.34. The maximum Gasteiger partial charge on any atom is 0.417 e. The summed E-state index contributed by atoms with van der Waals surface area (Å²) in [5.41, 5.74) is -0.864. The Bertz CT molecular complexity index is 412. The fourth-order valence-corrected chi connectivity index (χ4v) is 1.70. The molecular formula is C12H16ClF3N2O. The fourth-order valence-electron chi connectivity index (χ4n) is 1.47. The predicted molar refractivity (Wildman–Crippen MR) is 68.2 cm³/mol. The second-order valence-electron chi connectivity index (χ2n) is 4.41. The van der Waals surface area contributed by atoms with E-state index in [1.807, 2.05) is 6.92 Å². The van der Waals surface area contributed by atoms with E-state index >= 15 is 0 Å². The van der Waals surface area contributed by atoms with Crippen LogP contribution in [-0.2, 0) is 6.18 Å². The lowest BCUT2D eigenvalue weighted by Gasteiger charge is -2.11. The molecule has 1 rings (SSSR count). The Hall–Kier alpha value is -1.01. The SMILES string of the molecule is CC(CO)CCCNc1ncc(C(F)(F)F)cc1Cl. The van der Waals surface area contributed by atoms with Gasteiger partial charge in [-0.25, -0.2) is 4.98 Å². The lowest BCUT2D eigenvalue weighted by atomic mass is 10.1. The van der Waals surface area contributed by atoms with Crippen molar-refractivity contribution in [1.82, 2.24) is 4.98 Å². The van der Waals surface area contributed by atoms with Gasteiger partial charge in [-0.3, -0.25) is 0 Å².